The van der Waals surface area contributed by atoms with Gasteiger partial charge in [0.25, 0.3) is 0 Å². The van der Waals surface area contributed by atoms with Crippen LogP contribution in [0.1, 0.15) is 40.5 Å². The molecule has 1 aliphatic rings. The van der Waals surface area contributed by atoms with Crippen LogP contribution in [0, 0.1) is 11.8 Å². The predicted molar refractivity (Wildman–Crippen MR) is 64.8 cm³/mol. The molecule has 2 nitrogen and oxygen atoms in total. The van der Waals surface area contributed by atoms with Crippen LogP contribution in [-0.2, 0) is 0 Å². The van der Waals surface area contributed by atoms with E-state index in [0.717, 1.165) is 12.5 Å². The number of aliphatic hydroxyl groups is 1. The molecule has 0 saturated heterocycles. The lowest BCUT2D eigenvalue weighted by Crippen LogP contribution is -2.46. The third kappa shape index (κ3) is 3.62. The van der Waals surface area contributed by atoms with E-state index in [1.165, 1.54) is 18.4 Å². The smallest absolute Gasteiger partial charge is 0.0607 e. The summed E-state index contributed by atoms with van der Waals surface area (Å²) < 4.78 is 0. The van der Waals surface area contributed by atoms with Crippen LogP contribution in [0.5, 0.6) is 0 Å². The van der Waals surface area contributed by atoms with Crippen LogP contribution in [0.15, 0.2) is 11.6 Å². The Morgan fingerprint density at radius 3 is 2.73 bits per heavy atom. The lowest BCUT2D eigenvalue weighted by atomic mass is 9.80. The number of nitrogens with one attached hydrogen (secondary N) is 1. The van der Waals surface area contributed by atoms with Crippen LogP contribution in [0.25, 0.3) is 0 Å². The molecule has 0 radical (unpaired) electrons. The van der Waals surface area contributed by atoms with Crippen molar-refractivity contribution in [2.75, 3.05) is 13.2 Å². The Kier molecular flexibility index (Phi) is 4.35. The summed E-state index contributed by atoms with van der Waals surface area (Å²) in [5.74, 6) is 1.40. The van der Waals surface area contributed by atoms with Gasteiger partial charge in [0.2, 0.25) is 0 Å². The third-order valence-electron chi connectivity index (χ3n) is 3.56. The molecule has 1 aliphatic carbocycles. The van der Waals surface area contributed by atoms with Crippen molar-refractivity contribution < 1.29 is 5.11 Å². The Morgan fingerprint density at radius 2 is 2.20 bits per heavy atom. The Labute approximate surface area is 93.8 Å². The molecular weight excluding hydrogens is 186 g/mol. The average Bonchev–Trinajstić information content (AvgIpc) is 2.17. The van der Waals surface area contributed by atoms with Gasteiger partial charge in [0.1, 0.15) is 0 Å². The van der Waals surface area contributed by atoms with E-state index >= 15 is 0 Å². The van der Waals surface area contributed by atoms with Crippen molar-refractivity contribution >= 4 is 0 Å². The molecule has 0 spiro atoms. The highest BCUT2D eigenvalue weighted by Crippen LogP contribution is 2.29. The Bertz CT molecular complexity index is 233. The first-order valence-corrected chi connectivity index (χ1v) is 5.99. The second kappa shape index (κ2) is 5.13. The van der Waals surface area contributed by atoms with Gasteiger partial charge in [0, 0.05) is 12.1 Å². The Balaban J connectivity index is 2.50. The maximum atomic E-state index is 9.18. The summed E-state index contributed by atoms with van der Waals surface area (Å²) in [5, 5.41) is 12.6. The fourth-order valence-corrected chi connectivity index (χ4v) is 2.18. The lowest BCUT2D eigenvalue weighted by Gasteiger charge is -2.33. The van der Waals surface area contributed by atoms with E-state index in [4.69, 9.17) is 0 Å². The monoisotopic (exact) mass is 211 g/mol. The van der Waals surface area contributed by atoms with Gasteiger partial charge < -0.3 is 10.4 Å². The number of hydrogen-bond acceptors (Lipinski definition) is 2. The maximum Gasteiger partial charge on any atom is 0.0607 e. The largest absolute Gasteiger partial charge is 0.394 e. The van der Waals surface area contributed by atoms with E-state index in [-0.39, 0.29) is 12.1 Å². The van der Waals surface area contributed by atoms with E-state index in [9.17, 15) is 5.11 Å². The number of rotatable bonds is 4. The summed E-state index contributed by atoms with van der Waals surface area (Å²) in [6.45, 7) is 9.82. The van der Waals surface area contributed by atoms with Crippen molar-refractivity contribution in [2.45, 2.75) is 46.1 Å². The average molecular weight is 211 g/mol. The molecule has 0 aromatic heterocycles. The summed E-state index contributed by atoms with van der Waals surface area (Å²) >= 11 is 0. The second-order valence-corrected chi connectivity index (χ2v) is 5.53. The van der Waals surface area contributed by atoms with Gasteiger partial charge in [0.05, 0.1) is 6.61 Å². The van der Waals surface area contributed by atoms with Gasteiger partial charge in [-0.3, -0.25) is 0 Å². The molecule has 0 saturated carbocycles. The first kappa shape index (κ1) is 12.7. The molecule has 2 atom stereocenters. The fourth-order valence-electron chi connectivity index (χ4n) is 2.18. The van der Waals surface area contributed by atoms with Crippen molar-refractivity contribution in [3.05, 3.63) is 11.6 Å². The highest BCUT2D eigenvalue weighted by atomic mass is 16.3. The van der Waals surface area contributed by atoms with Crippen LogP contribution in [0.2, 0.25) is 0 Å². The summed E-state index contributed by atoms with van der Waals surface area (Å²) in [4.78, 5) is 0. The quantitative estimate of drug-likeness (QED) is 0.700. The summed E-state index contributed by atoms with van der Waals surface area (Å²) in [5.41, 5.74) is 1.35. The van der Waals surface area contributed by atoms with Crippen molar-refractivity contribution in [2.24, 2.45) is 11.8 Å². The van der Waals surface area contributed by atoms with Gasteiger partial charge >= 0.3 is 0 Å². The fraction of sp³-hybridized carbons (Fsp3) is 0.846. The van der Waals surface area contributed by atoms with E-state index in [0.29, 0.717) is 5.92 Å². The Morgan fingerprint density at radius 1 is 1.53 bits per heavy atom. The predicted octanol–water partition coefficient (Wildman–Crippen LogP) is 2.34. The van der Waals surface area contributed by atoms with Gasteiger partial charge in [0.15, 0.2) is 0 Å². The Hall–Kier alpha value is -0.340. The van der Waals surface area contributed by atoms with E-state index in [2.05, 4.69) is 25.2 Å². The summed E-state index contributed by atoms with van der Waals surface area (Å²) in [6.07, 6.45) is 4.88. The molecule has 0 fully saturated rings. The molecule has 2 heteroatoms. The van der Waals surface area contributed by atoms with Crippen molar-refractivity contribution in [3.63, 3.8) is 0 Å². The molecular formula is C13H25NO. The van der Waals surface area contributed by atoms with Gasteiger partial charge in [-0.05, 0) is 45.4 Å². The van der Waals surface area contributed by atoms with Crippen molar-refractivity contribution in [1.82, 2.24) is 5.32 Å². The van der Waals surface area contributed by atoms with Gasteiger partial charge in [-0.1, -0.05) is 18.6 Å². The van der Waals surface area contributed by atoms with Crippen molar-refractivity contribution in [1.29, 1.82) is 0 Å². The zero-order valence-electron chi connectivity index (χ0n) is 10.5. The topological polar surface area (TPSA) is 32.3 Å². The minimum absolute atomic E-state index is 0.155. The van der Waals surface area contributed by atoms with E-state index in [1.807, 2.05) is 13.8 Å². The molecule has 15 heavy (non-hydrogen) atoms. The van der Waals surface area contributed by atoms with Gasteiger partial charge in [-0.15, -0.1) is 0 Å². The minimum atomic E-state index is -0.155. The minimum Gasteiger partial charge on any atom is -0.394 e. The summed E-state index contributed by atoms with van der Waals surface area (Å²) in [7, 11) is 0. The summed E-state index contributed by atoms with van der Waals surface area (Å²) in [6, 6.07) is 0. The van der Waals surface area contributed by atoms with Gasteiger partial charge in [-0.25, -0.2) is 0 Å². The van der Waals surface area contributed by atoms with Crippen LogP contribution >= 0.6 is 0 Å². The normalized spacial score (nSPS) is 27.7. The van der Waals surface area contributed by atoms with Crippen LogP contribution in [0.4, 0.5) is 0 Å². The molecule has 1 rings (SSSR count). The molecule has 0 aliphatic heterocycles. The number of hydrogen-bond donors (Lipinski definition) is 2. The standard InChI is InChI=1S/C13H25NO/c1-10-6-5-7-11(2)12(10)8-14-13(3,4)9-15/h6,11-12,14-15H,5,7-9H2,1-4H3. The number of aliphatic hydroxyl groups excluding tert-OH is 1. The zero-order valence-corrected chi connectivity index (χ0v) is 10.5. The molecule has 88 valence electrons. The van der Waals surface area contributed by atoms with Crippen LogP contribution in [-0.4, -0.2) is 23.8 Å². The maximum absolute atomic E-state index is 9.18. The van der Waals surface area contributed by atoms with E-state index < -0.39 is 0 Å². The molecule has 0 heterocycles. The molecule has 0 bridgehead atoms. The van der Waals surface area contributed by atoms with E-state index in [1.54, 1.807) is 0 Å². The van der Waals surface area contributed by atoms with Crippen LogP contribution in [0.3, 0.4) is 0 Å². The zero-order chi connectivity index (χ0) is 11.5. The molecule has 2 N–H and O–H groups in total. The molecule has 0 aromatic carbocycles. The SMILES string of the molecule is CC1=CCCC(C)C1CNC(C)(C)CO. The van der Waals surface area contributed by atoms with Gasteiger partial charge in [-0.2, -0.15) is 0 Å². The first-order chi connectivity index (χ1) is 6.96. The van der Waals surface area contributed by atoms with Crippen LogP contribution < -0.4 is 5.32 Å². The lowest BCUT2D eigenvalue weighted by molar-refractivity contribution is 0.178. The molecule has 0 aromatic rings. The third-order valence-corrected chi connectivity index (χ3v) is 3.56. The first-order valence-electron chi connectivity index (χ1n) is 5.99. The second-order valence-electron chi connectivity index (χ2n) is 5.53. The molecule has 2 unspecified atom stereocenters. The highest BCUT2D eigenvalue weighted by Gasteiger charge is 2.24. The number of allylic oxidation sites excluding steroid dienone is 1. The molecule has 0 amide bonds. The highest BCUT2D eigenvalue weighted by molar-refractivity contribution is 5.09. The van der Waals surface area contributed by atoms with Crippen molar-refractivity contribution in [3.8, 4) is 0 Å².